The van der Waals surface area contributed by atoms with Crippen molar-refractivity contribution in [3.8, 4) is 10.4 Å². The van der Waals surface area contributed by atoms with Crippen molar-refractivity contribution in [2.75, 3.05) is 5.32 Å². The van der Waals surface area contributed by atoms with E-state index in [9.17, 15) is 9.59 Å². The minimum atomic E-state index is -1.16. The second kappa shape index (κ2) is 6.81. The van der Waals surface area contributed by atoms with Crippen LogP contribution in [0.4, 0.5) is 5.13 Å². The van der Waals surface area contributed by atoms with E-state index in [1.165, 1.54) is 11.3 Å². The third kappa shape index (κ3) is 4.00. The van der Waals surface area contributed by atoms with Gasteiger partial charge >= 0.3 is 5.97 Å². The summed E-state index contributed by atoms with van der Waals surface area (Å²) in [5.41, 5.74) is 1.96. The molecule has 0 spiro atoms. The van der Waals surface area contributed by atoms with Gasteiger partial charge < -0.3 is 5.11 Å². The predicted octanol–water partition coefficient (Wildman–Crippen LogP) is 2.95. The van der Waals surface area contributed by atoms with Crippen molar-refractivity contribution < 1.29 is 14.7 Å². The fourth-order valence-electron chi connectivity index (χ4n) is 1.75. The van der Waals surface area contributed by atoms with Gasteiger partial charge in [0.2, 0.25) is 5.91 Å². The Hall–Kier alpha value is -2.47. The second-order valence-corrected chi connectivity index (χ2v) is 5.17. The fraction of sp³-hybridized carbons (Fsp3) is 0.133. The lowest BCUT2D eigenvalue weighted by atomic mass is 10.1. The van der Waals surface area contributed by atoms with E-state index in [0.717, 1.165) is 34.7 Å². The van der Waals surface area contributed by atoms with Crippen LogP contribution < -0.4 is 5.32 Å². The van der Waals surface area contributed by atoms with Crippen molar-refractivity contribution in [3.05, 3.63) is 48.2 Å². The van der Waals surface area contributed by atoms with Gasteiger partial charge in [-0.05, 0) is 12.0 Å². The monoisotopic (exact) mass is 302 g/mol. The number of anilines is 1. The van der Waals surface area contributed by atoms with Crippen molar-refractivity contribution in [1.29, 1.82) is 0 Å². The van der Waals surface area contributed by atoms with E-state index < -0.39 is 11.9 Å². The summed E-state index contributed by atoms with van der Waals surface area (Å²) < 4.78 is 0. The molecule has 6 heteroatoms. The Morgan fingerprint density at radius 3 is 2.62 bits per heavy atom. The minimum Gasteiger partial charge on any atom is -0.478 e. The van der Waals surface area contributed by atoms with Crippen LogP contribution in [-0.4, -0.2) is 22.0 Å². The zero-order chi connectivity index (χ0) is 15.2. The normalized spacial score (nSPS) is 10.7. The van der Waals surface area contributed by atoms with Crippen LogP contribution in [0, 0.1) is 0 Å². The molecule has 0 aliphatic heterocycles. The summed E-state index contributed by atoms with van der Waals surface area (Å²) in [7, 11) is 0. The lowest BCUT2D eigenvalue weighted by molar-refractivity contribution is -0.131. The number of rotatable bonds is 5. The van der Waals surface area contributed by atoms with Crippen LogP contribution >= 0.6 is 11.3 Å². The van der Waals surface area contributed by atoms with Crippen molar-refractivity contribution >= 4 is 28.3 Å². The Balaban J connectivity index is 2.21. The first kappa shape index (κ1) is 14.9. The van der Waals surface area contributed by atoms with E-state index in [2.05, 4.69) is 10.3 Å². The Bertz CT molecular complexity index is 677. The molecule has 0 fully saturated rings. The van der Waals surface area contributed by atoms with Crippen molar-refractivity contribution in [1.82, 2.24) is 4.98 Å². The molecule has 0 aliphatic carbocycles. The summed E-state index contributed by atoms with van der Waals surface area (Å²) in [6.07, 6.45) is 2.51. The molecule has 2 aromatic rings. The first-order valence-electron chi connectivity index (χ1n) is 6.37. The molecule has 1 aromatic heterocycles. The smallest absolute Gasteiger partial charge is 0.328 e. The lowest BCUT2D eigenvalue weighted by Gasteiger charge is -1.98. The molecular formula is C15H14N2O3S. The molecule has 2 rings (SSSR count). The average molecular weight is 302 g/mol. The van der Waals surface area contributed by atoms with E-state index in [1.807, 2.05) is 37.3 Å². The Kier molecular flexibility index (Phi) is 4.84. The van der Waals surface area contributed by atoms with Crippen LogP contribution in [0.1, 0.15) is 12.6 Å². The molecule has 5 nitrogen and oxygen atoms in total. The number of carbonyl (C=O) groups excluding carboxylic acids is 1. The number of aryl methyl sites for hydroxylation is 1. The Morgan fingerprint density at radius 2 is 2.00 bits per heavy atom. The molecule has 0 bridgehead atoms. The number of thiazole rings is 1. The summed E-state index contributed by atoms with van der Waals surface area (Å²) in [6, 6.07) is 9.81. The number of aromatic nitrogens is 1. The number of nitrogens with one attached hydrogen (secondary N) is 1. The number of carbonyl (C=O) groups is 2. The highest BCUT2D eigenvalue weighted by Crippen LogP contribution is 2.33. The largest absolute Gasteiger partial charge is 0.478 e. The molecule has 0 saturated carbocycles. The van der Waals surface area contributed by atoms with Gasteiger partial charge in [-0.25, -0.2) is 9.78 Å². The molecule has 0 aliphatic rings. The quantitative estimate of drug-likeness (QED) is 0.832. The second-order valence-electron chi connectivity index (χ2n) is 4.18. The number of nitrogens with zero attached hydrogens (tertiary/aromatic N) is 1. The summed E-state index contributed by atoms with van der Waals surface area (Å²) >= 11 is 1.38. The van der Waals surface area contributed by atoms with Gasteiger partial charge in [0.15, 0.2) is 5.13 Å². The number of hydrogen-bond acceptors (Lipinski definition) is 4. The van der Waals surface area contributed by atoms with Crippen LogP contribution in [0.3, 0.4) is 0 Å². The number of carboxylic acids is 1. The van der Waals surface area contributed by atoms with E-state index in [4.69, 9.17) is 5.11 Å². The number of hydrogen-bond donors (Lipinski definition) is 2. The van der Waals surface area contributed by atoms with Crippen LogP contribution in [0.2, 0.25) is 0 Å². The summed E-state index contributed by atoms with van der Waals surface area (Å²) in [5.74, 6) is -1.67. The average Bonchev–Trinajstić information content (AvgIpc) is 2.89. The lowest BCUT2D eigenvalue weighted by Crippen LogP contribution is -2.08. The standard InChI is InChI=1S/C15H14N2O3S/c1-2-11-14(10-6-4-3-5-7-10)21-15(16-11)17-12(18)8-9-13(19)20/h3-9H,2H2,1H3,(H,19,20)(H,16,17,18)/b9-8+. The molecule has 1 amide bonds. The Labute approximate surface area is 126 Å². The highest BCUT2D eigenvalue weighted by molar-refractivity contribution is 7.19. The number of carboxylic acid groups (broad SMARTS) is 1. The minimum absolute atomic E-state index is 0.464. The SMILES string of the molecule is CCc1nc(NC(=O)/C=C/C(=O)O)sc1-c1ccccc1. The zero-order valence-corrected chi connectivity index (χ0v) is 12.2. The number of benzene rings is 1. The number of amides is 1. The van der Waals surface area contributed by atoms with Gasteiger partial charge in [-0.3, -0.25) is 10.1 Å². The molecule has 2 N–H and O–H groups in total. The predicted molar refractivity (Wildman–Crippen MR) is 82.3 cm³/mol. The van der Waals surface area contributed by atoms with Crippen LogP contribution in [0.15, 0.2) is 42.5 Å². The zero-order valence-electron chi connectivity index (χ0n) is 11.4. The fourth-order valence-corrected chi connectivity index (χ4v) is 2.82. The van der Waals surface area contributed by atoms with E-state index >= 15 is 0 Å². The first-order chi connectivity index (χ1) is 10.1. The maximum atomic E-state index is 11.6. The molecule has 1 heterocycles. The molecule has 0 saturated heterocycles. The molecule has 21 heavy (non-hydrogen) atoms. The number of aliphatic carboxylic acids is 1. The first-order valence-corrected chi connectivity index (χ1v) is 7.19. The molecular weight excluding hydrogens is 288 g/mol. The summed E-state index contributed by atoms with van der Waals surface area (Å²) in [6.45, 7) is 2.00. The summed E-state index contributed by atoms with van der Waals surface area (Å²) in [4.78, 5) is 27.3. The van der Waals surface area contributed by atoms with E-state index in [1.54, 1.807) is 0 Å². The van der Waals surface area contributed by atoms with Gasteiger partial charge in [0.1, 0.15) is 0 Å². The van der Waals surface area contributed by atoms with Gasteiger partial charge in [-0.1, -0.05) is 48.6 Å². The van der Waals surface area contributed by atoms with Crippen LogP contribution in [-0.2, 0) is 16.0 Å². The van der Waals surface area contributed by atoms with Gasteiger partial charge in [0, 0.05) is 12.2 Å². The third-order valence-corrected chi connectivity index (χ3v) is 3.74. The maximum Gasteiger partial charge on any atom is 0.328 e. The van der Waals surface area contributed by atoms with Crippen molar-refractivity contribution in [2.45, 2.75) is 13.3 Å². The van der Waals surface area contributed by atoms with Gasteiger partial charge in [-0.2, -0.15) is 0 Å². The molecule has 0 unspecified atom stereocenters. The maximum absolute atomic E-state index is 11.6. The molecule has 0 radical (unpaired) electrons. The van der Waals surface area contributed by atoms with Gasteiger partial charge in [-0.15, -0.1) is 0 Å². The van der Waals surface area contributed by atoms with Gasteiger partial charge in [0.25, 0.3) is 0 Å². The van der Waals surface area contributed by atoms with E-state index in [0.29, 0.717) is 5.13 Å². The Morgan fingerprint density at radius 1 is 1.29 bits per heavy atom. The topological polar surface area (TPSA) is 79.3 Å². The van der Waals surface area contributed by atoms with Crippen molar-refractivity contribution in [3.63, 3.8) is 0 Å². The van der Waals surface area contributed by atoms with Crippen molar-refractivity contribution in [2.24, 2.45) is 0 Å². The highest BCUT2D eigenvalue weighted by atomic mass is 32.1. The van der Waals surface area contributed by atoms with Crippen LogP contribution in [0.25, 0.3) is 10.4 Å². The van der Waals surface area contributed by atoms with Gasteiger partial charge in [0.05, 0.1) is 10.6 Å². The summed E-state index contributed by atoms with van der Waals surface area (Å²) in [5, 5.41) is 11.5. The molecule has 1 aromatic carbocycles. The highest BCUT2D eigenvalue weighted by Gasteiger charge is 2.12. The molecule has 0 atom stereocenters. The molecule has 108 valence electrons. The third-order valence-electron chi connectivity index (χ3n) is 2.68. The van der Waals surface area contributed by atoms with Crippen LogP contribution in [0.5, 0.6) is 0 Å². The van der Waals surface area contributed by atoms with E-state index in [-0.39, 0.29) is 0 Å².